The topological polar surface area (TPSA) is 97.4 Å². The van der Waals surface area contributed by atoms with E-state index in [9.17, 15) is 14.4 Å². The van der Waals surface area contributed by atoms with Crippen molar-refractivity contribution in [3.05, 3.63) is 39.5 Å². The quantitative estimate of drug-likeness (QED) is 0.704. The monoisotopic (exact) mass is 465 g/mol. The minimum Gasteiger partial charge on any atom is -0.489 e. The summed E-state index contributed by atoms with van der Waals surface area (Å²) in [5.74, 6) is -0.0165. The molecule has 0 bridgehead atoms. The summed E-state index contributed by atoms with van der Waals surface area (Å²) < 4.78 is 16.8. The molecule has 2 aliphatic rings. The number of likely N-dealkylation sites (N-methyl/N-ethyl adjacent to an activating group) is 1. The van der Waals surface area contributed by atoms with Gasteiger partial charge in [-0.1, -0.05) is 11.6 Å². The van der Waals surface area contributed by atoms with E-state index in [2.05, 4.69) is 5.32 Å². The number of carbonyl (C=O) groups is 3. The number of carbonyl (C=O) groups excluding carboxylic acids is 3. The molecular formula is C20H20ClN3O6S. The molecule has 3 amide bonds. The fourth-order valence-electron chi connectivity index (χ4n) is 3.49. The molecule has 0 unspecified atom stereocenters. The summed E-state index contributed by atoms with van der Waals surface area (Å²) in [6, 6.07) is 8.04. The van der Waals surface area contributed by atoms with Crippen LogP contribution < -0.4 is 19.9 Å². The van der Waals surface area contributed by atoms with Crippen molar-refractivity contribution in [2.75, 3.05) is 43.7 Å². The molecule has 1 aromatic heterocycles. The molecule has 0 spiro atoms. The van der Waals surface area contributed by atoms with Crippen LogP contribution in [0.2, 0.25) is 4.34 Å². The van der Waals surface area contributed by atoms with Crippen LogP contribution in [0.15, 0.2) is 30.3 Å². The van der Waals surface area contributed by atoms with Crippen LogP contribution in [0.25, 0.3) is 0 Å². The van der Waals surface area contributed by atoms with Crippen molar-refractivity contribution in [3.8, 4) is 5.75 Å². The molecule has 9 nitrogen and oxygen atoms in total. The summed E-state index contributed by atoms with van der Waals surface area (Å²) in [7, 11) is 3.09. The Labute approximate surface area is 187 Å². The maximum Gasteiger partial charge on any atom is 0.415 e. The SMILES string of the molecule is COCC(=O)N(C)c1ccc2c(c1)OC[C@H]1[C@H](CNC(=O)c3ccc(Cl)s3)OC(=O)N21. The van der Waals surface area contributed by atoms with Gasteiger partial charge in [0.2, 0.25) is 0 Å². The largest absolute Gasteiger partial charge is 0.489 e. The second-order valence-electron chi connectivity index (χ2n) is 7.02. The van der Waals surface area contributed by atoms with Crippen molar-refractivity contribution in [2.45, 2.75) is 12.1 Å². The number of anilines is 2. The first kappa shape index (κ1) is 21.4. The first-order valence-corrected chi connectivity index (χ1v) is 10.6. The maximum atomic E-state index is 12.6. The number of hydrogen-bond donors (Lipinski definition) is 1. The Hall–Kier alpha value is -2.82. The number of amides is 3. The number of ether oxygens (including phenoxy) is 3. The predicted octanol–water partition coefficient (Wildman–Crippen LogP) is 2.53. The van der Waals surface area contributed by atoms with Crippen LogP contribution in [0.3, 0.4) is 0 Å². The van der Waals surface area contributed by atoms with Gasteiger partial charge in [-0.2, -0.15) is 0 Å². The highest BCUT2D eigenvalue weighted by molar-refractivity contribution is 7.18. The third-order valence-corrected chi connectivity index (χ3v) is 6.34. The van der Waals surface area contributed by atoms with Gasteiger partial charge in [0.1, 0.15) is 31.1 Å². The van der Waals surface area contributed by atoms with E-state index in [0.717, 1.165) is 0 Å². The van der Waals surface area contributed by atoms with E-state index in [1.165, 1.54) is 28.2 Å². The summed E-state index contributed by atoms with van der Waals surface area (Å²) in [6.45, 7) is 0.301. The van der Waals surface area contributed by atoms with Gasteiger partial charge in [-0.05, 0) is 24.3 Å². The molecule has 0 radical (unpaired) electrons. The van der Waals surface area contributed by atoms with Crippen LogP contribution in [0.5, 0.6) is 5.75 Å². The van der Waals surface area contributed by atoms with Crippen LogP contribution >= 0.6 is 22.9 Å². The zero-order valence-corrected chi connectivity index (χ0v) is 18.4. The van der Waals surface area contributed by atoms with Gasteiger partial charge in [0.05, 0.1) is 21.4 Å². The second-order valence-corrected chi connectivity index (χ2v) is 8.74. The zero-order valence-electron chi connectivity index (χ0n) is 16.8. The van der Waals surface area contributed by atoms with Crippen LogP contribution in [0.4, 0.5) is 16.2 Å². The Bertz CT molecular complexity index is 1030. The Kier molecular flexibility index (Phi) is 6.03. The van der Waals surface area contributed by atoms with Gasteiger partial charge in [-0.25, -0.2) is 4.79 Å². The lowest BCUT2D eigenvalue weighted by atomic mass is 10.1. The van der Waals surface area contributed by atoms with E-state index >= 15 is 0 Å². The lowest BCUT2D eigenvalue weighted by Gasteiger charge is -2.32. The van der Waals surface area contributed by atoms with Gasteiger partial charge in [0, 0.05) is 25.9 Å². The number of nitrogens with zero attached hydrogens (tertiary/aromatic N) is 2. The van der Waals surface area contributed by atoms with Crippen LogP contribution in [-0.4, -0.2) is 64.0 Å². The molecule has 2 aromatic rings. The predicted molar refractivity (Wildman–Crippen MR) is 115 cm³/mol. The number of nitrogens with one attached hydrogen (secondary N) is 1. The van der Waals surface area contributed by atoms with E-state index in [-0.39, 0.29) is 37.6 Å². The average Bonchev–Trinajstić information content (AvgIpc) is 3.34. The van der Waals surface area contributed by atoms with E-state index in [4.69, 9.17) is 25.8 Å². The van der Waals surface area contributed by atoms with Crippen molar-refractivity contribution in [1.82, 2.24) is 5.32 Å². The molecule has 164 valence electrons. The first-order valence-electron chi connectivity index (χ1n) is 9.44. The van der Waals surface area contributed by atoms with E-state index in [0.29, 0.717) is 26.3 Å². The fourth-order valence-corrected chi connectivity index (χ4v) is 4.44. The van der Waals surface area contributed by atoms with Crippen molar-refractivity contribution in [3.63, 3.8) is 0 Å². The highest BCUT2D eigenvalue weighted by Gasteiger charge is 2.46. The van der Waals surface area contributed by atoms with Crippen LogP contribution in [0.1, 0.15) is 9.67 Å². The van der Waals surface area contributed by atoms with Crippen LogP contribution in [-0.2, 0) is 14.3 Å². The normalized spacial score (nSPS) is 19.2. The van der Waals surface area contributed by atoms with E-state index in [1.54, 1.807) is 37.4 Å². The number of methoxy groups -OCH3 is 1. The van der Waals surface area contributed by atoms with Gasteiger partial charge in [-0.15, -0.1) is 11.3 Å². The molecular weight excluding hydrogens is 446 g/mol. The molecule has 1 aromatic carbocycles. The Balaban J connectivity index is 1.46. The van der Waals surface area contributed by atoms with Gasteiger partial charge in [0.15, 0.2) is 0 Å². The van der Waals surface area contributed by atoms with Gasteiger partial charge >= 0.3 is 6.09 Å². The third-order valence-electron chi connectivity index (χ3n) is 5.11. The van der Waals surface area contributed by atoms with Crippen LogP contribution in [0, 0.1) is 0 Å². The molecule has 31 heavy (non-hydrogen) atoms. The lowest BCUT2D eigenvalue weighted by Crippen LogP contribution is -2.47. The summed E-state index contributed by atoms with van der Waals surface area (Å²) in [4.78, 5) is 40.3. The summed E-state index contributed by atoms with van der Waals surface area (Å²) >= 11 is 7.05. The van der Waals surface area contributed by atoms with Crippen molar-refractivity contribution >= 4 is 52.2 Å². The molecule has 0 saturated carbocycles. The summed E-state index contributed by atoms with van der Waals surface area (Å²) in [5, 5.41) is 2.78. The van der Waals surface area contributed by atoms with Crippen molar-refractivity contribution in [2.24, 2.45) is 0 Å². The number of fused-ring (bicyclic) bond motifs is 3. The molecule has 3 heterocycles. The van der Waals surface area contributed by atoms with Gasteiger partial charge < -0.3 is 24.4 Å². The average molecular weight is 466 g/mol. The number of rotatable bonds is 6. The zero-order chi connectivity index (χ0) is 22.1. The molecule has 1 N–H and O–H groups in total. The standard InChI is InChI=1S/C20H20ClN3O6S/c1-23(18(25)10-28-2)11-3-4-12-14(7-11)29-9-13-15(30-20(27)24(12)13)8-22-19(26)16-5-6-17(21)31-16/h3-7,13,15H,8-10H2,1-2H3,(H,22,26)/t13-,15-/m0/s1. The molecule has 1 fully saturated rings. The number of thiophene rings is 1. The molecule has 11 heteroatoms. The molecule has 2 atom stereocenters. The Morgan fingerprint density at radius 3 is 2.87 bits per heavy atom. The maximum absolute atomic E-state index is 12.6. The molecule has 2 aliphatic heterocycles. The smallest absolute Gasteiger partial charge is 0.415 e. The van der Waals surface area contributed by atoms with Gasteiger partial charge in [-0.3, -0.25) is 14.5 Å². The highest BCUT2D eigenvalue weighted by Crippen LogP contribution is 2.40. The van der Waals surface area contributed by atoms with E-state index in [1.807, 2.05) is 0 Å². The Morgan fingerprint density at radius 2 is 2.16 bits per heavy atom. The molecule has 0 aliphatic carbocycles. The minimum atomic E-state index is -0.564. The summed E-state index contributed by atoms with van der Waals surface area (Å²) in [5.41, 5.74) is 1.17. The number of halogens is 1. The van der Waals surface area contributed by atoms with Crippen molar-refractivity contribution in [1.29, 1.82) is 0 Å². The van der Waals surface area contributed by atoms with E-state index < -0.39 is 12.2 Å². The molecule has 1 saturated heterocycles. The number of hydrogen-bond acceptors (Lipinski definition) is 7. The third kappa shape index (κ3) is 4.18. The van der Waals surface area contributed by atoms with Gasteiger partial charge in [0.25, 0.3) is 11.8 Å². The number of cyclic esters (lactones) is 1. The minimum absolute atomic E-state index is 0.0416. The molecule has 4 rings (SSSR count). The van der Waals surface area contributed by atoms with Crippen molar-refractivity contribution < 1.29 is 28.6 Å². The Morgan fingerprint density at radius 1 is 1.35 bits per heavy atom. The highest BCUT2D eigenvalue weighted by atomic mass is 35.5. The number of benzene rings is 1. The first-order chi connectivity index (χ1) is 14.9. The second kappa shape index (κ2) is 8.74. The lowest BCUT2D eigenvalue weighted by molar-refractivity contribution is -0.121. The fraction of sp³-hybridized carbons (Fsp3) is 0.350. The summed E-state index contributed by atoms with van der Waals surface area (Å²) in [6.07, 6.45) is -1.07.